The highest BCUT2D eigenvalue weighted by Crippen LogP contribution is 2.25. The summed E-state index contributed by atoms with van der Waals surface area (Å²) in [6.07, 6.45) is 9.03. The third kappa shape index (κ3) is 4.18. The Morgan fingerprint density at radius 1 is 1.17 bits per heavy atom. The second-order valence-corrected chi connectivity index (χ2v) is 7.84. The van der Waals surface area contributed by atoms with Gasteiger partial charge in [0.2, 0.25) is 0 Å². The fourth-order valence-corrected chi connectivity index (χ4v) is 4.41. The molecule has 2 aliphatic rings. The molecule has 1 saturated carbocycles. The quantitative estimate of drug-likeness (QED) is 0.796. The van der Waals surface area contributed by atoms with E-state index in [1.54, 1.807) is 0 Å². The lowest BCUT2D eigenvalue weighted by molar-refractivity contribution is 0.0596. The first-order chi connectivity index (χ1) is 11.2. The minimum Gasteiger partial charge on any atom is -0.343 e. The fraction of sp³-hybridized carbons (Fsp3) is 0.722. The van der Waals surface area contributed by atoms with Crippen LogP contribution >= 0.6 is 15.9 Å². The van der Waals surface area contributed by atoms with Crippen molar-refractivity contribution >= 4 is 21.8 Å². The van der Waals surface area contributed by atoms with Crippen molar-refractivity contribution in [1.82, 2.24) is 14.4 Å². The number of aryl methyl sites for hydroxylation is 1. The molecular weight excluding hydrogens is 354 g/mol. The predicted octanol–water partition coefficient (Wildman–Crippen LogP) is 3.61. The molecule has 1 aliphatic heterocycles. The minimum atomic E-state index is 0.176. The smallest absolute Gasteiger partial charge is 0.270 e. The largest absolute Gasteiger partial charge is 0.343 e. The Labute approximate surface area is 147 Å². The van der Waals surface area contributed by atoms with Crippen LogP contribution in [-0.4, -0.2) is 53.0 Å². The van der Waals surface area contributed by atoms with E-state index in [9.17, 15) is 4.79 Å². The van der Waals surface area contributed by atoms with Crippen molar-refractivity contribution < 1.29 is 4.79 Å². The summed E-state index contributed by atoms with van der Waals surface area (Å²) < 4.78 is 3.01. The van der Waals surface area contributed by atoms with E-state index in [0.717, 1.165) is 48.8 Å². The van der Waals surface area contributed by atoms with Gasteiger partial charge in [-0.3, -0.25) is 9.69 Å². The average Bonchev–Trinajstić information content (AvgIpc) is 2.97. The average molecular weight is 382 g/mol. The van der Waals surface area contributed by atoms with Gasteiger partial charge in [-0.1, -0.05) is 19.3 Å². The lowest BCUT2D eigenvalue weighted by Gasteiger charge is -2.37. The van der Waals surface area contributed by atoms with Crippen LogP contribution in [0.3, 0.4) is 0 Å². The number of amides is 1. The molecule has 1 aliphatic carbocycles. The SMILES string of the molecule is CCn1cc(Br)cc1C(=O)N1CCN(CC2CCCCC2)CC1. The molecule has 0 radical (unpaired) electrons. The lowest BCUT2D eigenvalue weighted by Crippen LogP contribution is -2.50. The zero-order valence-corrected chi connectivity index (χ0v) is 15.7. The van der Waals surface area contributed by atoms with Crippen LogP contribution < -0.4 is 0 Å². The number of hydrogen-bond acceptors (Lipinski definition) is 2. The molecule has 2 heterocycles. The molecule has 5 heteroatoms. The Kier molecular flexibility index (Phi) is 5.81. The van der Waals surface area contributed by atoms with Crippen LogP contribution in [0.5, 0.6) is 0 Å². The fourth-order valence-electron chi connectivity index (χ4n) is 3.95. The number of piperazine rings is 1. The Hall–Kier alpha value is -0.810. The molecule has 0 spiro atoms. The maximum absolute atomic E-state index is 12.8. The summed E-state index contributed by atoms with van der Waals surface area (Å²) >= 11 is 3.48. The molecule has 2 fully saturated rings. The molecule has 3 rings (SSSR count). The van der Waals surface area contributed by atoms with Gasteiger partial charge in [-0.2, -0.15) is 0 Å². The molecule has 0 bridgehead atoms. The van der Waals surface area contributed by atoms with Crippen LogP contribution in [0.4, 0.5) is 0 Å². The number of halogens is 1. The summed E-state index contributed by atoms with van der Waals surface area (Å²) in [6.45, 7) is 7.90. The number of nitrogens with zero attached hydrogens (tertiary/aromatic N) is 3. The van der Waals surface area contributed by atoms with E-state index in [-0.39, 0.29) is 5.91 Å². The molecule has 1 saturated heterocycles. The topological polar surface area (TPSA) is 28.5 Å². The number of rotatable bonds is 4. The summed E-state index contributed by atoms with van der Waals surface area (Å²) in [5, 5.41) is 0. The third-order valence-corrected chi connectivity index (χ3v) is 5.76. The van der Waals surface area contributed by atoms with Crippen molar-refractivity contribution in [1.29, 1.82) is 0 Å². The van der Waals surface area contributed by atoms with E-state index in [1.807, 2.05) is 21.7 Å². The first kappa shape index (κ1) is 17.0. The first-order valence-corrected chi connectivity index (χ1v) is 9.84. The highest BCUT2D eigenvalue weighted by molar-refractivity contribution is 9.10. The third-order valence-electron chi connectivity index (χ3n) is 5.32. The Bertz CT molecular complexity index is 528. The van der Waals surface area contributed by atoms with Gasteiger partial charge >= 0.3 is 0 Å². The van der Waals surface area contributed by atoms with Crippen molar-refractivity contribution in [2.45, 2.75) is 45.6 Å². The summed E-state index contributed by atoms with van der Waals surface area (Å²) in [7, 11) is 0. The van der Waals surface area contributed by atoms with Gasteiger partial charge in [0.15, 0.2) is 0 Å². The zero-order chi connectivity index (χ0) is 16.2. The van der Waals surface area contributed by atoms with Gasteiger partial charge < -0.3 is 9.47 Å². The highest BCUT2D eigenvalue weighted by atomic mass is 79.9. The zero-order valence-electron chi connectivity index (χ0n) is 14.1. The first-order valence-electron chi connectivity index (χ1n) is 9.04. The second-order valence-electron chi connectivity index (χ2n) is 6.93. The predicted molar refractivity (Wildman–Crippen MR) is 96.7 cm³/mol. The van der Waals surface area contributed by atoms with E-state index in [4.69, 9.17) is 0 Å². The van der Waals surface area contributed by atoms with Crippen LogP contribution in [0.2, 0.25) is 0 Å². The van der Waals surface area contributed by atoms with E-state index >= 15 is 0 Å². The summed E-state index contributed by atoms with van der Waals surface area (Å²) in [6, 6.07) is 1.94. The van der Waals surface area contributed by atoms with Gasteiger partial charge in [0.25, 0.3) is 5.91 Å². The molecule has 128 valence electrons. The Morgan fingerprint density at radius 3 is 2.52 bits per heavy atom. The van der Waals surface area contributed by atoms with Gasteiger partial charge in [-0.25, -0.2) is 0 Å². The molecule has 1 amide bonds. The number of carbonyl (C=O) groups excluding carboxylic acids is 1. The number of carbonyl (C=O) groups is 1. The maximum atomic E-state index is 12.8. The molecule has 1 aromatic rings. The molecule has 0 aromatic carbocycles. The lowest BCUT2D eigenvalue weighted by atomic mass is 9.89. The standard InChI is InChI=1S/C18H28BrN3O/c1-2-21-14-16(19)12-17(21)18(23)22-10-8-20(9-11-22)13-15-6-4-3-5-7-15/h12,14-15H,2-11,13H2,1H3. The molecule has 0 unspecified atom stereocenters. The van der Waals surface area contributed by atoms with E-state index < -0.39 is 0 Å². The van der Waals surface area contributed by atoms with E-state index in [1.165, 1.54) is 38.6 Å². The van der Waals surface area contributed by atoms with Crippen LogP contribution in [0, 0.1) is 5.92 Å². The molecule has 0 atom stereocenters. The van der Waals surface area contributed by atoms with Gasteiger partial charge in [0, 0.05) is 49.9 Å². The number of hydrogen-bond donors (Lipinski definition) is 0. The summed E-state index contributed by atoms with van der Waals surface area (Å²) in [5.41, 5.74) is 0.806. The van der Waals surface area contributed by atoms with E-state index in [0.29, 0.717) is 0 Å². The maximum Gasteiger partial charge on any atom is 0.270 e. The molecule has 1 aromatic heterocycles. The van der Waals surface area contributed by atoms with Crippen molar-refractivity contribution in [3.05, 3.63) is 22.4 Å². The Balaban J connectivity index is 1.52. The monoisotopic (exact) mass is 381 g/mol. The van der Waals surface area contributed by atoms with Gasteiger partial charge in [0.1, 0.15) is 5.69 Å². The normalized spacial score (nSPS) is 20.9. The number of aromatic nitrogens is 1. The van der Waals surface area contributed by atoms with E-state index in [2.05, 4.69) is 27.8 Å². The van der Waals surface area contributed by atoms with Gasteiger partial charge in [-0.15, -0.1) is 0 Å². The summed E-state index contributed by atoms with van der Waals surface area (Å²) in [5.74, 6) is 1.06. The molecule has 23 heavy (non-hydrogen) atoms. The van der Waals surface area contributed by atoms with Crippen LogP contribution in [-0.2, 0) is 6.54 Å². The molecule has 0 N–H and O–H groups in total. The second kappa shape index (κ2) is 7.84. The van der Waals surface area contributed by atoms with Crippen molar-refractivity contribution in [2.24, 2.45) is 5.92 Å². The minimum absolute atomic E-state index is 0.176. The van der Waals surface area contributed by atoms with Crippen molar-refractivity contribution in [2.75, 3.05) is 32.7 Å². The van der Waals surface area contributed by atoms with Crippen LogP contribution in [0.25, 0.3) is 0 Å². The van der Waals surface area contributed by atoms with Crippen LogP contribution in [0.1, 0.15) is 49.5 Å². The van der Waals surface area contributed by atoms with Crippen molar-refractivity contribution in [3.63, 3.8) is 0 Å². The summed E-state index contributed by atoms with van der Waals surface area (Å²) in [4.78, 5) is 17.3. The molecular formula is C18H28BrN3O. The van der Waals surface area contributed by atoms with Crippen LogP contribution in [0.15, 0.2) is 16.7 Å². The van der Waals surface area contributed by atoms with Gasteiger partial charge in [0.05, 0.1) is 0 Å². The van der Waals surface area contributed by atoms with Crippen molar-refractivity contribution in [3.8, 4) is 0 Å². The van der Waals surface area contributed by atoms with Gasteiger partial charge in [-0.05, 0) is 47.7 Å². The highest BCUT2D eigenvalue weighted by Gasteiger charge is 2.26. The Morgan fingerprint density at radius 2 is 1.87 bits per heavy atom. The molecule has 4 nitrogen and oxygen atoms in total.